The number of esters is 1. The lowest BCUT2D eigenvalue weighted by Gasteiger charge is -2.39. The molecule has 4 nitrogen and oxygen atoms in total. The van der Waals surface area contributed by atoms with Crippen LogP contribution in [0.2, 0.25) is 0 Å². The van der Waals surface area contributed by atoms with E-state index in [1.807, 2.05) is 0 Å². The third-order valence-electron chi connectivity index (χ3n) is 1.91. The molecular weight excluding hydrogens is 201 g/mol. The highest BCUT2D eigenvalue weighted by molar-refractivity contribution is 5.76. The maximum Gasteiger partial charge on any atom is 0.490 e. The van der Waals surface area contributed by atoms with Crippen LogP contribution in [0, 0.1) is 11.3 Å². The third-order valence-corrected chi connectivity index (χ3v) is 1.91. The molecule has 0 saturated heterocycles. The summed E-state index contributed by atoms with van der Waals surface area (Å²) in [6.45, 7) is 0. The largest absolute Gasteiger partial charge is 0.490 e. The van der Waals surface area contributed by atoms with Gasteiger partial charge in [0.25, 0.3) is 0 Å². The number of hydrogen-bond acceptors (Lipinski definition) is 4. The SMILES string of the molecule is N#C[C@]1(OC(=O)C(F)(F)F)C[C@H](N)C1. The Morgan fingerprint density at radius 1 is 1.57 bits per heavy atom. The maximum absolute atomic E-state index is 11.8. The molecule has 0 aromatic carbocycles. The second-order valence-corrected chi connectivity index (χ2v) is 3.16. The van der Waals surface area contributed by atoms with Gasteiger partial charge in [-0.2, -0.15) is 18.4 Å². The molecule has 0 unspecified atom stereocenters. The lowest BCUT2D eigenvalue weighted by atomic mass is 9.77. The van der Waals surface area contributed by atoms with Crippen molar-refractivity contribution in [3.8, 4) is 6.07 Å². The van der Waals surface area contributed by atoms with Crippen molar-refractivity contribution < 1.29 is 22.7 Å². The zero-order chi connectivity index (χ0) is 11.0. The smallest absolute Gasteiger partial charge is 0.437 e. The van der Waals surface area contributed by atoms with E-state index in [2.05, 4.69) is 4.74 Å². The average molecular weight is 208 g/mol. The molecule has 0 radical (unpaired) electrons. The molecule has 1 saturated carbocycles. The normalized spacial score (nSPS) is 31.5. The number of carbonyl (C=O) groups excluding carboxylic acids is 1. The second kappa shape index (κ2) is 3.13. The highest BCUT2D eigenvalue weighted by atomic mass is 19.4. The number of alkyl halides is 3. The molecule has 0 amide bonds. The van der Waals surface area contributed by atoms with E-state index < -0.39 is 17.7 Å². The Morgan fingerprint density at radius 2 is 2.07 bits per heavy atom. The molecule has 0 spiro atoms. The van der Waals surface area contributed by atoms with Gasteiger partial charge in [0.15, 0.2) is 0 Å². The fourth-order valence-electron chi connectivity index (χ4n) is 1.22. The van der Waals surface area contributed by atoms with Crippen molar-refractivity contribution in [2.75, 3.05) is 0 Å². The van der Waals surface area contributed by atoms with Gasteiger partial charge in [-0.15, -0.1) is 0 Å². The number of nitrogens with two attached hydrogens (primary N) is 1. The van der Waals surface area contributed by atoms with E-state index in [0.717, 1.165) is 0 Å². The Labute approximate surface area is 77.4 Å². The Hall–Kier alpha value is -1.29. The lowest BCUT2D eigenvalue weighted by molar-refractivity contribution is -0.215. The van der Waals surface area contributed by atoms with Crippen molar-refractivity contribution in [1.29, 1.82) is 5.26 Å². The summed E-state index contributed by atoms with van der Waals surface area (Å²) in [6.07, 6.45) is -5.17. The molecule has 1 aliphatic carbocycles. The molecule has 1 aliphatic rings. The Kier molecular flexibility index (Phi) is 2.41. The van der Waals surface area contributed by atoms with Crippen LogP contribution >= 0.6 is 0 Å². The van der Waals surface area contributed by atoms with Gasteiger partial charge in [-0.25, -0.2) is 4.79 Å². The van der Waals surface area contributed by atoms with E-state index in [1.165, 1.54) is 6.07 Å². The molecule has 78 valence electrons. The zero-order valence-electron chi connectivity index (χ0n) is 6.97. The van der Waals surface area contributed by atoms with Crippen molar-refractivity contribution in [1.82, 2.24) is 0 Å². The highest BCUT2D eigenvalue weighted by Crippen LogP contribution is 2.36. The van der Waals surface area contributed by atoms with Crippen molar-refractivity contribution in [3.05, 3.63) is 0 Å². The molecule has 1 fully saturated rings. The van der Waals surface area contributed by atoms with Gasteiger partial charge in [-0.05, 0) is 0 Å². The van der Waals surface area contributed by atoms with Crippen LogP contribution in [0.1, 0.15) is 12.8 Å². The van der Waals surface area contributed by atoms with Crippen LogP contribution in [0.25, 0.3) is 0 Å². The van der Waals surface area contributed by atoms with E-state index >= 15 is 0 Å². The molecule has 0 aromatic rings. The number of nitrogens with zero attached hydrogens (tertiary/aromatic N) is 1. The van der Waals surface area contributed by atoms with Crippen LogP contribution in [0.5, 0.6) is 0 Å². The molecule has 0 heterocycles. The summed E-state index contributed by atoms with van der Waals surface area (Å²) in [5.74, 6) is -2.34. The van der Waals surface area contributed by atoms with Gasteiger partial charge < -0.3 is 10.5 Å². The van der Waals surface area contributed by atoms with Crippen LogP contribution in [0.15, 0.2) is 0 Å². The maximum atomic E-state index is 11.8. The van der Waals surface area contributed by atoms with E-state index in [4.69, 9.17) is 11.0 Å². The van der Waals surface area contributed by atoms with Gasteiger partial charge in [-0.1, -0.05) is 0 Å². The number of rotatable bonds is 1. The first-order chi connectivity index (χ1) is 6.29. The van der Waals surface area contributed by atoms with Crippen molar-refractivity contribution in [2.24, 2.45) is 5.73 Å². The number of ether oxygens (including phenoxy) is 1. The van der Waals surface area contributed by atoms with Crippen molar-refractivity contribution in [3.63, 3.8) is 0 Å². The molecule has 0 aliphatic heterocycles. The van der Waals surface area contributed by atoms with E-state index in [9.17, 15) is 18.0 Å². The minimum absolute atomic E-state index is 0.0503. The summed E-state index contributed by atoms with van der Waals surface area (Å²) in [6, 6.07) is 1.15. The predicted octanol–water partition coefficient (Wildman–Crippen LogP) is 0.475. The topological polar surface area (TPSA) is 76.1 Å². The van der Waals surface area contributed by atoms with E-state index in [0.29, 0.717) is 0 Å². The van der Waals surface area contributed by atoms with Crippen LogP contribution in [-0.2, 0) is 9.53 Å². The molecule has 1 rings (SSSR count). The van der Waals surface area contributed by atoms with Gasteiger partial charge in [0.2, 0.25) is 5.60 Å². The minimum atomic E-state index is -5.07. The molecule has 0 aromatic heterocycles. The standard InChI is InChI=1S/C7H7F3N2O2/c8-7(9,10)5(13)14-6(3-11)1-4(12)2-6/h4H,1-2,12H2/t4-,6-. The van der Waals surface area contributed by atoms with Gasteiger partial charge in [0.1, 0.15) is 6.07 Å². The summed E-state index contributed by atoms with van der Waals surface area (Å²) in [4.78, 5) is 10.4. The van der Waals surface area contributed by atoms with Crippen molar-refractivity contribution >= 4 is 5.97 Å². The number of halogens is 3. The first-order valence-corrected chi connectivity index (χ1v) is 3.76. The molecular formula is C7H7F3N2O2. The summed E-state index contributed by atoms with van der Waals surface area (Å²) in [5.41, 5.74) is 3.62. The summed E-state index contributed by atoms with van der Waals surface area (Å²) in [5, 5.41) is 8.52. The van der Waals surface area contributed by atoms with Crippen LogP contribution < -0.4 is 5.73 Å². The predicted molar refractivity (Wildman–Crippen MR) is 37.7 cm³/mol. The lowest BCUT2D eigenvalue weighted by Crippen LogP contribution is -2.54. The third kappa shape index (κ3) is 1.96. The Bertz CT molecular complexity index is 288. The molecule has 0 bridgehead atoms. The van der Waals surface area contributed by atoms with Crippen LogP contribution in [-0.4, -0.2) is 23.8 Å². The Balaban J connectivity index is 2.61. The molecule has 2 N–H and O–H groups in total. The molecule has 0 atom stereocenters. The fraction of sp³-hybridized carbons (Fsp3) is 0.714. The summed E-state index contributed by atoms with van der Waals surface area (Å²) in [7, 11) is 0. The van der Waals surface area contributed by atoms with Gasteiger partial charge in [0.05, 0.1) is 0 Å². The molecule has 7 heteroatoms. The fourth-order valence-corrected chi connectivity index (χ4v) is 1.22. The zero-order valence-corrected chi connectivity index (χ0v) is 6.97. The summed E-state index contributed by atoms with van der Waals surface area (Å²) < 4.78 is 39.3. The second-order valence-electron chi connectivity index (χ2n) is 3.16. The van der Waals surface area contributed by atoms with Crippen LogP contribution in [0.4, 0.5) is 13.2 Å². The summed E-state index contributed by atoms with van der Waals surface area (Å²) >= 11 is 0. The first kappa shape index (κ1) is 10.8. The Morgan fingerprint density at radius 3 is 2.36 bits per heavy atom. The number of hydrogen-bond donors (Lipinski definition) is 1. The first-order valence-electron chi connectivity index (χ1n) is 3.76. The number of carbonyl (C=O) groups is 1. The van der Waals surface area contributed by atoms with Crippen LogP contribution in [0.3, 0.4) is 0 Å². The van der Waals surface area contributed by atoms with Gasteiger partial charge >= 0.3 is 12.1 Å². The number of nitriles is 1. The van der Waals surface area contributed by atoms with E-state index in [-0.39, 0.29) is 18.9 Å². The van der Waals surface area contributed by atoms with E-state index in [1.54, 1.807) is 0 Å². The molecule has 14 heavy (non-hydrogen) atoms. The van der Waals surface area contributed by atoms with Gasteiger partial charge in [0, 0.05) is 18.9 Å². The minimum Gasteiger partial charge on any atom is -0.437 e. The quantitative estimate of drug-likeness (QED) is 0.635. The van der Waals surface area contributed by atoms with Gasteiger partial charge in [-0.3, -0.25) is 0 Å². The van der Waals surface area contributed by atoms with Crippen molar-refractivity contribution in [2.45, 2.75) is 30.7 Å². The highest BCUT2D eigenvalue weighted by Gasteiger charge is 2.52. The monoisotopic (exact) mass is 208 g/mol. The average Bonchev–Trinajstić information content (AvgIpc) is 1.99.